The molecule has 0 radical (unpaired) electrons. The van der Waals surface area contributed by atoms with Crippen LogP contribution in [0.2, 0.25) is 5.15 Å². The van der Waals surface area contributed by atoms with E-state index in [0.717, 1.165) is 21.3 Å². The second kappa shape index (κ2) is 4.63. The molecule has 0 atom stereocenters. The summed E-state index contributed by atoms with van der Waals surface area (Å²) in [5, 5.41) is 1.98. The van der Waals surface area contributed by atoms with E-state index in [4.69, 9.17) is 11.6 Å². The van der Waals surface area contributed by atoms with E-state index in [1.807, 2.05) is 13.0 Å². The first-order chi connectivity index (χ1) is 7.20. The Kier molecular flexibility index (Phi) is 3.43. The van der Waals surface area contributed by atoms with Gasteiger partial charge in [-0.05, 0) is 27.7 Å². The average Bonchev–Trinajstić information content (AvgIpc) is 2.20. The highest BCUT2D eigenvalue weighted by Gasteiger charge is 2.06. The zero-order chi connectivity index (χ0) is 10.8. The summed E-state index contributed by atoms with van der Waals surface area (Å²) >= 11 is 10.9. The number of hydrogen-bond donors (Lipinski definition) is 0. The van der Waals surface area contributed by atoms with Crippen LogP contribution in [0, 0.1) is 0 Å². The average molecular weight is 305 g/mol. The summed E-state index contributed by atoms with van der Waals surface area (Å²) in [6.45, 7) is 2.05. The molecule has 2 aromatic heterocycles. The van der Waals surface area contributed by atoms with Gasteiger partial charge >= 0.3 is 0 Å². The molecule has 2 rings (SSSR count). The molecule has 0 aliphatic carbocycles. The monoisotopic (exact) mass is 303 g/mol. The number of rotatable bonds is 2. The maximum atomic E-state index is 6.06. The molecule has 0 aliphatic heterocycles. The molecule has 0 amide bonds. The lowest BCUT2D eigenvalue weighted by atomic mass is 10.3. The first-order valence-electron chi connectivity index (χ1n) is 4.32. The van der Waals surface area contributed by atoms with Crippen LogP contribution in [-0.4, -0.2) is 20.7 Å². The van der Waals surface area contributed by atoms with Crippen LogP contribution in [0.15, 0.2) is 22.0 Å². The highest BCUT2D eigenvalue weighted by Crippen LogP contribution is 2.25. The van der Waals surface area contributed by atoms with E-state index in [0.29, 0.717) is 10.3 Å². The van der Waals surface area contributed by atoms with Crippen LogP contribution in [-0.2, 0) is 0 Å². The van der Waals surface area contributed by atoms with Crippen molar-refractivity contribution in [2.24, 2.45) is 0 Å². The van der Waals surface area contributed by atoms with Crippen molar-refractivity contribution >= 4 is 50.2 Å². The van der Waals surface area contributed by atoms with Gasteiger partial charge < -0.3 is 0 Å². The van der Waals surface area contributed by atoms with Crippen LogP contribution in [0.1, 0.15) is 6.92 Å². The fraction of sp³-hybridized carbons (Fsp3) is 0.222. The van der Waals surface area contributed by atoms with E-state index < -0.39 is 0 Å². The number of nitrogens with zero attached hydrogens (tertiary/aromatic N) is 3. The second-order valence-corrected chi connectivity index (χ2v) is 5.16. The van der Waals surface area contributed by atoms with Crippen molar-refractivity contribution in [3.05, 3.63) is 22.0 Å². The zero-order valence-corrected chi connectivity index (χ0v) is 11.0. The van der Waals surface area contributed by atoms with Gasteiger partial charge in [0.2, 0.25) is 0 Å². The standard InChI is InChI=1S/C9H7BrClN3S/c1-2-15-9-13-6-4-12-7(10)3-5(6)8(11)14-9/h3-4H,2H2,1H3. The topological polar surface area (TPSA) is 38.7 Å². The normalized spacial score (nSPS) is 10.9. The lowest BCUT2D eigenvalue weighted by molar-refractivity contribution is 0.999. The summed E-state index contributed by atoms with van der Waals surface area (Å²) in [5.41, 5.74) is 0.772. The maximum absolute atomic E-state index is 6.06. The van der Waals surface area contributed by atoms with E-state index in [9.17, 15) is 0 Å². The highest BCUT2D eigenvalue weighted by molar-refractivity contribution is 9.10. The third kappa shape index (κ3) is 2.41. The van der Waals surface area contributed by atoms with Crippen molar-refractivity contribution in [1.82, 2.24) is 15.0 Å². The molecule has 0 bridgehead atoms. The van der Waals surface area contributed by atoms with Gasteiger partial charge in [0.25, 0.3) is 0 Å². The van der Waals surface area contributed by atoms with Crippen LogP contribution in [0.4, 0.5) is 0 Å². The van der Waals surface area contributed by atoms with Crippen LogP contribution in [0.25, 0.3) is 10.9 Å². The Morgan fingerprint density at radius 1 is 1.47 bits per heavy atom. The van der Waals surface area contributed by atoms with Gasteiger partial charge in [-0.2, -0.15) is 0 Å². The predicted octanol–water partition coefficient (Wildman–Crippen LogP) is 3.55. The van der Waals surface area contributed by atoms with Crippen LogP contribution in [0.5, 0.6) is 0 Å². The zero-order valence-electron chi connectivity index (χ0n) is 7.87. The van der Waals surface area contributed by atoms with Gasteiger partial charge in [0.1, 0.15) is 9.76 Å². The van der Waals surface area contributed by atoms with Gasteiger partial charge in [0.05, 0.1) is 11.7 Å². The molecule has 2 aromatic rings. The first-order valence-corrected chi connectivity index (χ1v) is 6.48. The summed E-state index contributed by atoms with van der Waals surface area (Å²) in [7, 11) is 0. The third-order valence-corrected chi connectivity index (χ3v) is 3.21. The van der Waals surface area contributed by atoms with E-state index in [-0.39, 0.29) is 0 Å². The summed E-state index contributed by atoms with van der Waals surface area (Å²) < 4.78 is 0.733. The lowest BCUT2D eigenvalue weighted by Crippen LogP contribution is -1.91. The molecular formula is C9H7BrClN3S. The lowest BCUT2D eigenvalue weighted by Gasteiger charge is -2.02. The van der Waals surface area contributed by atoms with E-state index >= 15 is 0 Å². The van der Waals surface area contributed by atoms with Gasteiger partial charge in [-0.25, -0.2) is 15.0 Å². The molecule has 15 heavy (non-hydrogen) atoms. The predicted molar refractivity (Wildman–Crippen MR) is 66.4 cm³/mol. The summed E-state index contributed by atoms with van der Waals surface area (Å²) in [6.07, 6.45) is 1.69. The molecule has 2 heterocycles. The number of fused-ring (bicyclic) bond motifs is 1. The number of aromatic nitrogens is 3. The molecule has 3 nitrogen and oxygen atoms in total. The molecular weight excluding hydrogens is 298 g/mol. The molecule has 0 unspecified atom stereocenters. The Morgan fingerprint density at radius 2 is 2.27 bits per heavy atom. The van der Waals surface area contributed by atoms with Gasteiger partial charge in [0.15, 0.2) is 5.16 Å². The van der Waals surface area contributed by atoms with Gasteiger partial charge in [-0.3, -0.25) is 0 Å². The van der Waals surface area contributed by atoms with Crippen molar-refractivity contribution in [2.45, 2.75) is 12.1 Å². The Bertz CT molecular complexity index is 506. The molecule has 0 aromatic carbocycles. The fourth-order valence-corrected chi connectivity index (χ4v) is 2.33. The molecule has 0 fully saturated rings. The molecule has 0 aliphatic rings. The largest absolute Gasteiger partial charge is 0.247 e. The smallest absolute Gasteiger partial charge is 0.189 e. The summed E-state index contributed by atoms with van der Waals surface area (Å²) in [5.74, 6) is 0.922. The molecule has 78 valence electrons. The van der Waals surface area contributed by atoms with Crippen molar-refractivity contribution in [3.63, 3.8) is 0 Å². The van der Waals surface area contributed by atoms with Crippen LogP contribution < -0.4 is 0 Å². The quantitative estimate of drug-likeness (QED) is 0.368. The fourth-order valence-electron chi connectivity index (χ4n) is 1.14. The molecule has 6 heteroatoms. The Balaban J connectivity index is 2.62. The van der Waals surface area contributed by atoms with E-state index in [1.54, 1.807) is 18.0 Å². The van der Waals surface area contributed by atoms with Crippen LogP contribution >= 0.6 is 39.3 Å². The van der Waals surface area contributed by atoms with Crippen molar-refractivity contribution in [2.75, 3.05) is 5.75 Å². The van der Waals surface area contributed by atoms with Crippen molar-refractivity contribution in [1.29, 1.82) is 0 Å². The Morgan fingerprint density at radius 3 is 3.00 bits per heavy atom. The summed E-state index contributed by atoms with van der Waals surface area (Å²) in [6, 6.07) is 1.82. The molecule has 0 N–H and O–H groups in total. The van der Waals surface area contributed by atoms with Gasteiger partial charge in [-0.1, -0.05) is 30.3 Å². The second-order valence-electron chi connectivity index (χ2n) is 2.75. The van der Waals surface area contributed by atoms with Gasteiger partial charge in [0, 0.05) is 5.39 Å². The number of halogens is 2. The highest BCUT2D eigenvalue weighted by atomic mass is 79.9. The van der Waals surface area contributed by atoms with Crippen molar-refractivity contribution < 1.29 is 0 Å². The minimum absolute atomic E-state index is 0.471. The minimum Gasteiger partial charge on any atom is -0.247 e. The molecule has 0 saturated heterocycles. The Labute approximate surface area is 105 Å². The van der Waals surface area contributed by atoms with Crippen LogP contribution in [0.3, 0.4) is 0 Å². The third-order valence-electron chi connectivity index (χ3n) is 1.76. The van der Waals surface area contributed by atoms with E-state index in [2.05, 4.69) is 30.9 Å². The number of hydrogen-bond acceptors (Lipinski definition) is 4. The van der Waals surface area contributed by atoms with Gasteiger partial charge in [-0.15, -0.1) is 0 Å². The Hall–Kier alpha value is -0.390. The number of thioether (sulfide) groups is 1. The minimum atomic E-state index is 0.471. The number of pyridine rings is 1. The maximum Gasteiger partial charge on any atom is 0.189 e. The molecule has 0 saturated carbocycles. The SMILES string of the molecule is CCSc1nc(Cl)c2cc(Br)ncc2n1. The first kappa shape index (κ1) is 11.1. The van der Waals surface area contributed by atoms with Crippen molar-refractivity contribution in [3.8, 4) is 0 Å². The molecule has 0 spiro atoms. The summed E-state index contributed by atoms with van der Waals surface area (Å²) in [4.78, 5) is 12.7. The van der Waals surface area contributed by atoms with E-state index in [1.165, 1.54) is 0 Å².